The molecule has 1 aliphatic heterocycles. The Morgan fingerprint density at radius 2 is 1.91 bits per heavy atom. The predicted molar refractivity (Wildman–Crippen MR) is 113 cm³/mol. The van der Waals surface area contributed by atoms with Gasteiger partial charge in [0.25, 0.3) is 11.5 Å². The van der Waals surface area contributed by atoms with Crippen LogP contribution in [0.25, 0.3) is 5.69 Å². The normalized spacial score (nSPS) is 15.7. The molecule has 9 heteroatoms. The zero-order valence-corrected chi connectivity index (χ0v) is 16.9. The highest BCUT2D eigenvalue weighted by Crippen LogP contribution is 2.32. The molecule has 0 fully saturated rings. The van der Waals surface area contributed by atoms with Gasteiger partial charge in [-0.25, -0.2) is 8.78 Å². The number of carbonyl (C=O) groups excluding carboxylic acids is 2. The highest BCUT2D eigenvalue weighted by atomic mass is 19.1. The molecule has 2 N–H and O–H groups in total. The minimum Gasteiger partial charge on any atom is -0.332 e. The molecule has 2 amide bonds. The molecule has 1 aliphatic rings. The fourth-order valence-electron chi connectivity index (χ4n) is 3.52. The summed E-state index contributed by atoms with van der Waals surface area (Å²) >= 11 is 0. The Morgan fingerprint density at radius 1 is 1.16 bits per heavy atom. The third-order valence-electron chi connectivity index (χ3n) is 5.17. The molecule has 0 bridgehead atoms. The maximum atomic E-state index is 14.5. The van der Waals surface area contributed by atoms with Crippen molar-refractivity contribution in [2.45, 2.75) is 19.3 Å². The maximum absolute atomic E-state index is 14.5. The SMILES string of the molecule is Cc1cc(F)c(-n2ncccc2=O)cc1NC(=O)C1=CNC(=O)CC1c1ccc(F)cc1. The van der Waals surface area contributed by atoms with Crippen LogP contribution < -0.4 is 16.2 Å². The summed E-state index contributed by atoms with van der Waals surface area (Å²) in [5.74, 6) is -2.47. The lowest BCUT2D eigenvalue weighted by molar-refractivity contribution is -0.121. The molecule has 4 rings (SSSR count). The van der Waals surface area contributed by atoms with E-state index in [0.29, 0.717) is 11.1 Å². The molecule has 0 aliphatic carbocycles. The van der Waals surface area contributed by atoms with Crippen molar-refractivity contribution in [3.63, 3.8) is 0 Å². The van der Waals surface area contributed by atoms with Gasteiger partial charge >= 0.3 is 0 Å². The van der Waals surface area contributed by atoms with E-state index in [9.17, 15) is 23.2 Å². The van der Waals surface area contributed by atoms with Gasteiger partial charge in [0.05, 0.1) is 0 Å². The van der Waals surface area contributed by atoms with Crippen molar-refractivity contribution in [2.24, 2.45) is 0 Å². The van der Waals surface area contributed by atoms with Crippen molar-refractivity contribution >= 4 is 17.5 Å². The number of nitrogens with zero attached hydrogens (tertiary/aromatic N) is 2. The number of carbonyl (C=O) groups is 2. The first-order valence-corrected chi connectivity index (χ1v) is 9.74. The summed E-state index contributed by atoms with van der Waals surface area (Å²) in [6.07, 6.45) is 2.68. The zero-order chi connectivity index (χ0) is 22.8. The lowest BCUT2D eigenvalue weighted by Crippen LogP contribution is -2.32. The van der Waals surface area contributed by atoms with Crippen LogP contribution in [0.5, 0.6) is 0 Å². The highest BCUT2D eigenvalue weighted by Gasteiger charge is 2.29. The summed E-state index contributed by atoms with van der Waals surface area (Å²) in [6, 6.07) is 10.8. The van der Waals surface area contributed by atoms with Crippen LogP contribution in [0.3, 0.4) is 0 Å². The second kappa shape index (κ2) is 8.54. The topological polar surface area (TPSA) is 93.1 Å². The van der Waals surface area contributed by atoms with Crippen molar-refractivity contribution in [2.75, 3.05) is 5.32 Å². The molecule has 0 spiro atoms. The van der Waals surface area contributed by atoms with Gasteiger partial charge in [-0.1, -0.05) is 12.1 Å². The van der Waals surface area contributed by atoms with Gasteiger partial charge in [-0.3, -0.25) is 14.4 Å². The lowest BCUT2D eigenvalue weighted by Gasteiger charge is -2.24. The quantitative estimate of drug-likeness (QED) is 0.658. The number of aromatic nitrogens is 2. The van der Waals surface area contributed by atoms with E-state index in [0.717, 1.165) is 4.68 Å². The van der Waals surface area contributed by atoms with Gasteiger partial charge in [-0.2, -0.15) is 9.78 Å². The highest BCUT2D eigenvalue weighted by molar-refractivity contribution is 6.06. The molecule has 1 unspecified atom stereocenters. The first-order chi connectivity index (χ1) is 15.3. The second-order valence-corrected chi connectivity index (χ2v) is 7.32. The van der Waals surface area contributed by atoms with Gasteiger partial charge in [0, 0.05) is 42.1 Å². The van der Waals surface area contributed by atoms with Gasteiger partial charge in [0.15, 0.2) is 0 Å². The average Bonchev–Trinajstić information content (AvgIpc) is 2.76. The molecule has 2 heterocycles. The van der Waals surface area contributed by atoms with Crippen molar-refractivity contribution < 1.29 is 18.4 Å². The summed E-state index contributed by atoms with van der Waals surface area (Å²) in [5.41, 5.74) is 0.941. The smallest absolute Gasteiger partial charge is 0.271 e. The summed E-state index contributed by atoms with van der Waals surface area (Å²) < 4.78 is 28.8. The molecule has 32 heavy (non-hydrogen) atoms. The summed E-state index contributed by atoms with van der Waals surface area (Å²) in [4.78, 5) is 37.1. The van der Waals surface area contributed by atoms with Crippen molar-refractivity contribution in [3.05, 3.63) is 99.6 Å². The van der Waals surface area contributed by atoms with Gasteiger partial charge in [0.1, 0.15) is 17.3 Å². The van der Waals surface area contributed by atoms with E-state index in [1.165, 1.54) is 60.9 Å². The summed E-state index contributed by atoms with van der Waals surface area (Å²) in [7, 11) is 0. The van der Waals surface area contributed by atoms with Gasteiger partial charge < -0.3 is 10.6 Å². The first kappa shape index (κ1) is 21.1. The number of aryl methyl sites for hydroxylation is 1. The standard InChI is InChI=1S/C23H18F2N4O3/c1-13-9-18(25)20(29-22(31)3-2-8-27-29)11-19(13)28-23(32)17-12-26-21(30)10-16(17)14-4-6-15(24)7-5-14/h2-9,11-12,16H,10H2,1H3,(H,26,30)(H,28,32). The number of rotatable bonds is 4. The van der Waals surface area contributed by atoms with Crippen LogP contribution in [0, 0.1) is 18.6 Å². The van der Waals surface area contributed by atoms with Gasteiger partial charge in [-0.15, -0.1) is 0 Å². The lowest BCUT2D eigenvalue weighted by atomic mass is 9.86. The van der Waals surface area contributed by atoms with Crippen molar-refractivity contribution in [1.82, 2.24) is 15.1 Å². The Labute approximate surface area is 181 Å². The Bertz CT molecular complexity index is 1300. The van der Waals surface area contributed by atoms with Gasteiger partial charge in [-0.05, 0) is 48.4 Å². The Hall–Kier alpha value is -4.14. The van der Waals surface area contributed by atoms with E-state index in [2.05, 4.69) is 15.7 Å². The molecular formula is C23H18F2N4O3. The Kier molecular flexibility index (Phi) is 5.63. The van der Waals surface area contributed by atoms with Crippen LogP contribution in [-0.2, 0) is 9.59 Å². The third kappa shape index (κ3) is 4.18. The van der Waals surface area contributed by atoms with Crippen molar-refractivity contribution in [3.8, 4) is 5.69 Å². The van der Waals surface area contributed by atoms with Gasteiger partial charge in [0.2, 0.25) is 5.91 Å². The number of amides is 2. The summed E-state index contributed by atoms with van der Waals surface area (Å²) in [5, 5.41) is 9.13. The van der Waals surface area contributed by atoms with E-state index < -0.39 is 29.0 Å². The Balaban J connectivity index is 1.67. The Morgan fingerprint density at radius 3 is 2.62 bits per heavy atom. The molecule has 1 aromatic heterocycles. The molecule has 0 saturated heterocycles. The van der Waals surface area contributed by atoms with Crippen LogP contribution in [-0.4, -0.2) is 21.6 Å². The van der Waals surface area contributed by atoms with Crippen molar-refractivity contribution in [1.29, 1.82) is 0 Å². The fraction of sp³-hybridized carbons (Fsp3) is 0.130. The molecule has 0 radical (unpaired) electrons. The molecular weight excluding hydrogens is 418 g/mol. The zero-order valence-electron chi connectivity index (χ0n) is 16.9. The number of benzene rings is 2. The molecule has 3 aromatic rings. The third-order valence-corrected chi connectivity index (χ3v) is 5.17. The number of halogens is 2. The van der Waals surface area contributed by atoms with E-state index >= 15 is 0 Å². The first-order valence-electron chi connectivity index (χ1n) is 9.74. The van der Waals surface area contributed by atoms with Crippen LogP contribution >= 0.6 is 0 Å². The second-order valence-electron chi connectivity index (χ2n) is 7.32. The molecule has 7 nitrogen and oxygen atoms in total. The van der Waals surface area contributed by atoms with Crippen LogP contribution in [0.2, 0.25) is 0 Å². The van der Waals surface area contributed by atoms with E-state index in [1.54, 1.807) is 6.92 Å². The number of nitrogens with one attached hydrogen (secondary N) is 2. The predicted octanol–water partition coefficient (Wildman–Crippen LogP) is 2.95. The molecule has 162 valence electrons. The van der Waals surface area contributed by atoms with E-state index in [4.69, 9.17) is 0 Å². The molecule has 0 saturated carbocycles. The van der Waals surface area contributed by atoms with Crippen LogP contribution in [0.4, 0.5) is 14.5 Å². The monoisotopic (exact) mass is 436 g/mol. The minimum absolute atomic E-state index is 0.0157. The fourth-order valence-corrected chi connectivity index (χ4v) is 3.52. The largest absolute Gasteiger partial charge is 0.332 e. The van der Waals surface area contributed by atoms with E-state index in [1.807, 2.05) is 0 Å². The van der Waals surface area contributed by atoms with Crippen LogP contribution in [0.15, 0.2) is 71.3 Å². The molecule has 1 atom stereocenters. The van der Waals surface area contributed by atoms with E-state index in [-0.39, 0.29) is 29.3 Å². The minimum atomic E-state index is -0.672. The number of hydrogen-bond acceptors (Lipinski definition) is 4. The number of hydrogen-bond donors (Lipinski definition) is 2. The molecule has 2 aromatic carbocycles. The average molecular weight is 436 g/mol. The van der Waals surface area contributed by atoms with Crippen LogP contribution in [0.1, 0.15) is 23.5 Å². The number of anilines is 1. The maximum Gasteiger partial charge on any atom is 0.271 e. The summed E-state index contributed by atoms with van der Waals surface area (Å²) in [6.45, 7) is 1.61.